The number of nitrogen functional groups attached to an aromatic ring is 1. The Hall–Kier alpha value is -2.08. The third kappa shape index (κ3) is 2.54. The molecule has 0 aliphatic heterocycles. The summed E-state index contributed by atoms with van der Waals surface area (Å²) in [7, 11) is 0. The van der Waals surface area contributed by atoms with Crippen molar-refractivity contribution in [3.8, 4) is 0 Å². The van der Waals surface area contributed by atoms with Gasteiger partial charge in [-0.2, -0.15) is 0 Å². The molecule has 0 saturated carbocycles. The van der Waals surface area contributed by atoms with Gasteiger partial charge in [0.05, 0.1) is 10.5 Å². The maximum Gasteiger partial charge on any atom is 0.249 e. The maximum atomic E-state index is 11.3. The molecule has 0 fully saturated rings. The fraction of sp³-hybridized carbons (Fsp3) is 0. The Balaban J connectivity index is 2.41. The Morgan fingerprint density at radius 1 is 1.18 bits per heavy atom. The molecule has 1 heterocycles. The number of carbonyl (C=O) groups is 1. The molecule has 0 aliphatic rings. The lowest BCUT2D eigenvalue weighted by Crippen LogP contribution is -2.13. The van der Waals surface area contributed by atoms with Crippen LogP contribution in [-0.2, 0) is 0 Å². The first-order valence-electron chi connectivity index (χ1n) is 4.81. The summed E-state index contributed by atoms with van der Waals surface area (Å²) >= 11 is 1.22. The summed E-state index contributed by atoms with van der Waals surface area (Å²) in [6.45, 7) is 0. The van der Waals surface area contributed by atoms with Gasteiger partial charge in [-0.25, -0.2) is 9.97 Å². The number of amides is 1. The number of benzene rings is 1. The molecule has 0 radical (unpaired) electrons. The van der Waals surface area contributed by atoms with Gasteiger partial charge in [0.25, 0.3) is 0 Å². The van der Waals surface area contributed by atoms with Crippen LogP contribution >= 0.6 is 11.8 Å². The predicted octanol–water partition coefficient (Wildman–Crippen LogP) is 1.31. The standard InChI is InChI=1S/C11H10N4OS/c12-8-4-1-3-7(10(13)16)9(8)17-11-14-5-2-6-15-11/h1-6H,12H2,(H2,13,16). The summed E-state index contributed by atoms with van der Waals surface area (Å²) in [6, 6.07) is 6.74. The van der Waals surface area contributed by atoms with E-state index in [2.05, 4.69) is 9.97 Å². The van der Waals surface area contributed by atoms with Gasteiger partial charge < -0.3 is 11.5 Å². The molecule has 1 aromatic heterocycles. The molecule has 86 valence electrons. The number of anilines is 1. The molecule has 17 heavy (non-hydrogen) atoms. The molecule has 0 aliphatic carbocycles. The number of hydrogen-bond acceptors (Lipinski definition) is 5. The Bertz CT molecular complexity index is 544. The molecule has 5 nitrogen and oxygen atoms in total. The van der Waals surface area contributed by atoms with Crippen LogP contribution in [-0.4, -0.2) is 15.9 Å². The number of nitrogens with two attached hydrogens (primary N) is 2. The molecule has 0 unspecified atom stereocenters. The van der Waals surface area contributed by atoms with Crippen LogP contribution in [0.1, 0.15) is 10.4 Å². The van der Waals surface area contributed by atoms with Crippen LogP contribution in [0.25, 0.3) is 0 Å². The van der Waals surface area contributed by atoms with Gasteiger partial charge in [-0.3, -0.25) is 4.79 Å². The van der Waals surface area contributed by atoms with Gasteiger partial charge in [-0.1, -0.05) is 6.07 Å². The average molecular weight is 246 g/mol. The fourth-order valence-corrected chi connectivity index (χ4v) is 2.17. The third-order valence-electron chi connectivity index (χ3n) is 2.05. The maximum absolute atomic E-state index is 11.3. The highest BCUT2D eigenvalue weighted by Crippen LogP contribution is 2.32. The molecule has 0 bridgehead atoms. The van der Waals surface area contributed by atoms with Gasteiger partial charge in [0.2, 0.25) is 5.91 Å². The molecule has 2 aromatic rings. The van der Waals surface area contributed by atoms with Crippen molar-refractivity contribution in [3.05, 3.63) is 42.2 Å². The Morgan fingerprint density at radius 2 is 1.88 bits per heavy atom. The second-order valence-electron chi connectivity index (χ2n) is 3.22. The monoisotopic (exact) mass is 246 g/mol. The van der Waals surface area contributed by atoms with E-state index in [4.69, 9.17) is 11.5 Å². The van der Waals surface area contributed by atoms with Gasteiger partial charge in [-0.15, -0.1) is 0 Å². The SMILES string of the molecule is NC(=O)c1cccc(N)c1Sc1ncccn1. The van der Waals surface area contributed by atoms with Crippen LogP contribution in [0.5, 0.6) is 0 Å². The van der Waals surface area contributed by atoms with Crippen molar-refractivity contribution in [2.24, 2.45) is 5.73 Å². The van der Waals surface area contributed by atoms with Crippen molar-refractivity contribution in [2.75, 3.05) is 5.73 Å². The normalized spacial score (nSPS) is 10.1. The average Bonchev–Trinajstić information content (AvgIpc) is 2.33. The highest BCUT2D eigenvalue weighted by atomic mass is 32.2. The van der Waals surface area contributed by atoms with Gasteiger partial charge in [0.1, 0.15) is 0 Å². The topological polar surface area (TPSA) is 94.9 Å². The van der Waals surface area contributed by atoms with Crippen molar-refractivity contribution >= 4 is 23.4 Å². The lowest BCUT2D eigenvalue weighted by molar-refractivity contribution is 0.0997. The second-order valence-corrected chi connectivity index (χ2v) is 4.20. The van der Waals surface area contributed by atoms with E-state index in [9.17, 15) is 4.79 Å². The van der Waals surface area contributed by atoms with E-state index < -0.39 is 5.91 Å². The van der Waals surface area contributed by atoms with Crippen molar-refractivity contribution in [1.82, 2.24) is 9.97 Å². The van der Waals surface area contributed by atoms with Crippen molar-refractivity contribution in [1.29, 1.82) is 0 Å². The largest absolute Gasteiger partial charge is 0.398 e. The molecule has 0 spiro atoms. The zero-order chi connectivity index (χ0) is 12.3. The van der Waals surface area contributed by atoms with E-state index in [1.807, 2.05) is 0 Å². The van der Waals surface area contributed by atoms with Crippen LogP contribution in [0.15, 0.2) is 46.7 Å². The summed E-state index contributed by atoms with van der Waals surface area (Å²) in [5.41, 5.74) is 12.0. The number of hydrogen-bond donors (Lipinski definition) is 2. The molecular formula is C11H10N4OS. The third-order valence-corrected chi connectivity index (χ3v) is 3.10. The van der Waals surface area contributed by atoms with Crippen LogP contribution in [0.2, 0.25) is 0 Å². The minimum atomic E-state index is -0.518. The summed E-state index contributed by atoms with van der Waals surface area (Å²) in [6.07, 6.45) is 3.25. The van der Waals surface area contributed by atoms with Crippen LogP contribution in [0, 0.1) is 0 Å². The van der Waals surface area contributed by atoms with Crippen molar-refractivity contribution in [2.45, 2.75) is 10.1 Å². The van der Waals surface area contributed by atoms with E-state index >= 15 is 0 Å². The molecular weight excluding hydrogens is 236 g/mol. The van der Waals surface area contributed by atoms with E-state index in [-0.39, 0.29) is 0 Å². The van der Waals surface area contributed by atoms with E-state index in [1.54, 1.807) is 36.7 Å². The van der Waals surface area contributed by atoms with Crippen LogP contribution in [0.3, 0.4) is 0 Å². The molecule has 1 amide bonds. The molecule has 0 atom stereocenters. The first-order chi connectivity index (χ1) is 8.18. The number of aromatic nitrogens is 2. The van der Waals surface area contributed by atoms with Crippen molar-refractivity contribution < 1.29 is 4.79 Å². The Labute approximate surface area is 102 Å². The lowest BCUT2D eigenvalue weighted by atomic mass is 10.2. The lowest BCUT2D eigenvalue weighted by Gasteiger charge is -2.07. The molecule has 1 aromatic carbocycles. The molecule has 0 saturated heterocycles. The van der Waals surface area contributed by atoms with E-state index in [0.29, 0.717) is 21.3 Å². The molecule has 4 N–H and O–H groups in total. The zero-order valence-electron chi connectivity index (χ0n) is 8.83. The van der Waals surface area contributed by atoms with Gasteiger partial charge in [0.15, 0.2) is 5.16 Å². The first-order valence-corrected chi connectivity index (χ1v) is 5.63. The second kappa shape index (κ2) is 4.84. The fourth-order valence-electron chi connectivity index (χ4n) is 1.29. The van der Waals surface area contributed by atoms with Gasteiger partial charge >= 0.3 is 0 Å². The summed E-state index contributed by atoms with van der Waals surface area (Å²) < 4.78 is 0. The molecule has 6 heteroatoms. The quantitative estimate of drug-likeness (QED) is 0.629. The summed E-state index contributed by atoms with van der Waals surface area (Å²) in [5.74, 6) is -0.518. The number of primary amides is 1. The Morgan fingerprint density at radius 3 is 2.53 bits per heavy atom. The Kier molecular flexibility index (Phi) is 3.24. The van der Waals surface area contributed by atoms with Gasteiger partial charge in [0, 0.05) is 18.1 Å². The molecule has 2 rings (SSSR count). The predicted molar refractivity (Wildman–Crippen MR) is 65.5 cm³/mol. The first kappa shape index (κ1) is 11.4. The zero-order valence-corrected chi connectivity index (χ0v) is 9.65. The smallest absolute Gasteiger partial charge is 0.249 e. The highest BCUT2D eigenvalue weighted by Gasteiger charge is 2.13. The summed E-state index contributed by atoms with van der Waals surface area (Å²) in [4.78, 5) is 20.0. The van der Waals surface area contributed by atoms with Crippen molar-refractivity contribution in [3.63, 3.8) is 0 Å². The number of rotatable bonds is 3. The highest BCUT2D eigenvalue weighted by molar-refractivity contribution is 7.99. The number of carbonyl (C=O) groups excluding carboxylic acids is 1. The van der Waals surface area contributed by atoms with E-state index in [0.717, 1.165) is 0 Å². The minimum Gasteiger partial charge on any atom is -0.398 e. The number of nitrogens with zero attached hydrogens (tertiary/aromatic N) is 2. The van der Waals surface area contributed by atoms with Crippen LogP contribution in [0.4, 0.5) is 5.69 Å². The summed E-state index contributed by atoms with van der Waals surface area (Å²) in [5, 5.41) is 0.521. The van der Waals surface area contributed by atoms with Crippen LogP contribution < -0.4 is 11.5 Å². The van der Waals surface area contributed by atoms with Gasteiger partial charge in [-0.05, 0) is 30.0 Å². The minimum absolute atomic E-state index is 0.377. The van der Waals surface area contributed by atoms with E-state index in [1.165, 1.54) is 11.8 Å².